The zero-order valence-corrected chi connectivity index (χ0v) is 15.3. The Hall–Kier alpha value is -2.67. The third-order valence-electron chi connectivity index (χ3n) is 4.39. The predicted octanol–water partition coefficient (Wildman–Crippen LogP) is 1.15. The molecule has 1 aromatic carbocycles. The smallest absolute Gasteiger partial charge is 0.253 e. The van der Waals surface area contributed by atoms with Crippen molar-refractivity contribution in [3.05, 3.63) is 48.5 Å². The Morgan fingerprint density at radius 3 is 2.38 bits per heavy atom. The lowest BCUT2D eigenvalue weighted by Gasteiger charge is -2.34. The van der Waals surface area contributed by atoms with Gasteiger partial charge in [-0.05, 0) is 38.1 Å². The van der Waals surface area contributed by atoms with Gasteiger partial charge in [0.25, 0.3) is 5.91 Å². The molecule has 2 heterocycles. The van der Waals surface area contributed by atoms with Gasteiger partial charge in [0.1, 0.15) is 0 Å². The molecule has 0 aliphatic carbocycles. The number of benzene rings is 1. The molecule has 0 radical (unpaired) electrons. The Balaban J connectivity index is 1.53. The molecule has 26 heavy (non-hydrogen) atoms. The highest BCUT2D eigenvalue weighted by atomic mass is 16.2. The van der Waals surface area contributed by atoms with E-state index in [-0.39, 0.29) is 17.9 Å². The van der Waals surface area contributed by atoms with Crippen molar-refractivity contribution in [3.63, 3.8) is 0 Å². The van der Waals surface area contributed by atoms with E-state index in [0.717, 1.165) is 5.69 Å². The summed E-state index contributed by atoms with van der Waals surface area (Å²) in [6, 6.07) is 7.68. The largest absolute Gasteiger partial charge is 0.353 e. The van der Waals surface area contributed by atoms with Gasteiger partial charge in [-0.15, -0.1) is 0 Å². The highest BCUT2D eigenvalue weighted by molar-refractivity contribution is 5.94. The Kier molecular flexibility index (Phi) is 5.68. The molecule has 1 aromatic heterocycles. The number of piperazine rings is 1. The molecule has 0 unspecified atom stereocenters. The number of hydrogen-bond donors (Lipinski definition) is 1. The van der Waals surface area contributed by atoms with Gasteiger partial charge in [0.15, 0.2) is 0 Å². The molecule has 1 N–H and O–H groups in total. The zero-order valence-electron chi connectivity index (χ0n) is 15.3. The maximum atomic E-state index is 12.7. The van der Waals surface area contributed by atoms with Gasteiger partial charge in [0.05, 0.1) is 12.9 Å². The highest BCUT2D eigenvalue weighted by Gasteiger charge is 2.23. The SMILES string of the molecule is CC(C)NC(=O)CN1CCN(C(=O)c2ccc(-n3ccnc3)cc2)CC1. The fourth-order valence-corrected chi connectivity index (χ4v) is 3.05. The number of nitrogens with zero attached hydrogens (tertiary/aromatic N) is 4. The van der Waals surface area contributed by atoms with E-state index in [4.69, 9.17) is 0 Å². The first-order valence-corrected chi connectivity index (χ1v) is 8.92. The molecule has 1 aliphatic heterocycles. The molecule has 1 fully saturated rings. The van der Waals surface area contributed by atoms with E-state index >= 15 is 0 Å². The van der Waals surface area contributed by atoms with E-state index in [0.29, 0.717) is 38.3 Å². The molecular weight excluding hydrogens is 330 g/mol. The number of amides is 2. The lowest BCUT2D eigenvalue weighted by Crippen LogP contribution is -2.51. The van der Waals surface area contributed by atoms with Crippen molar-refractivity contribution in [1.82, 2.24) is 24.7 Å². The first-order chi connectivity index (χ1) is 12.5. The average Bonchev–Trinajstić information content (AvgIpc) is 3.16. The number of carbonyl (C=O) groups excluding carboxylic acids is 2. The maximum absolute atomic E-state index is 12.7. The van der Waals surface area contributed by atoms with Crippen LogP contribution in [0.15, 0.2) is 43.0 Å². The van der Waals surface area contributed by atoms with E-state index in [9.17, 15) is 9.59 Å². The van der Waals surface area contributed by atoms with Gasteiger partial charge in [-0.1, -0.05) is 0 Å². The molecule has 2 aromatic rings. The van der Waals surface area contributed by atoms with E-state index in [1.807, 2.05) is 53.8 Å². The third-order valence-corrected chi connectivity index (χ3v) is 4.39. The van der Waals surface area contributed by atoms with Crippen LogP contribution in [0, 0.1) is 0 Å². The summed E-state index contributed by atoms with van der Waals surface area (Å²) in [5.41, 5.74) is 1.65. The Morgan fingerprint density at radius 2 is 1.81 bits per heavy atom. The summed E-state index contributed by atoms with van der Waals surface area (Å²) >= 11 is 0. The Labute approximate surface area is 153 Å². The van der Waals surface area contributed by atoms with Crippen molar-refractivity contribution in [1.29, 1.82) is 0 Å². The van der Waals surface area contributed by atoms with Gasteiger partial charge in [-0.2, -0.15) is 0 Å². The molecule has 138 valence electrons. The minimum absolute atomic E-state index is 0.0356. The van der Waals surface area contributed by atoms with Crippen molar-refractivity contribution in [2.24, 2.45) is 0 Å². The minimum atomic E-state index is 0.0356. The van der Waals surface area contributed by atoms with E-state index in [2.05, 4.69) is 15.2 Å². The van der Waals surface area contributed by atoms with Gasteiger partial charge in [-0.3, -0.25) is 14.5 Å². The molecule has 1 saturated heterocycles. The highest BCUT2D eigenvalue weighted by Crippen LogP contribution is 2.13. The zero-order chi connectivity index (χ0) is 18.5. The fourth-order valence-electron chi connectivity index (χ4n) is 3.05. The number of carbonyl (C=O) groups is 2. The standard InChI is InChI=1S/C19H25N5O2/c1-15(2)21-18(25)13-22-9-11-23(12-10-22)19(26)16-3-5-17(6-4-16)24-8-7-20-14-24/h3-8,14-15H,9-13H2,1-2H3,(H,21,25). The van der Waals surface area contributed by atoms with Crippen molar-refractivity contribution in [2.75, 3.05) is 32.7 Å². The fraction of sp³-hybridized carbons (Fsp3) is 0.421. The van der Waals surface area contributed by atoms with E-state index in [1.165, 1.54) is 0 Å². The summed E-state index contributed by atoms with van der Waals surface area (Å²) in [4.78, 5) is 32.5. The second-order valence-corrected chi connectivity index (χ2v) is 6.81. The van der Waals surface area contributed by atoms with Crippen LogP contribution >= 0.6 is 0 Å². The molecule has 0 atom stereocenters. The minimum Gasteiger partial charge on any atom is -0.353 e. The van der Waals surface area contributed by atoms with Crippen LogP contribution in [0.3, 0.4) is 0 Å². The molecule has 0 bridgehead atoms. The Morgan fingerprint density at radius 1 is 1.12 bits per heavy atom. The molecular formula is C19H25N5O2. The number of rotatable bonds is 5. The van der Waals surface area contributed by atoms with E-state index in [1.54, 1.807) is 12.5 Å². The molecule has 0 saturated carbocycles. The van der Waals surface area contributed by atoms with Crippen LogP contribution in [0.25, 0.3) is 5.69 Å². The van der Waals surface area contributed by atoms with Gasteiger partial charge in [0, 0.05) is 55.9 Å². The summed E-state index contributed by atoms with van der Waals surface area (Å²) in [5, 5.41) is 2.90. The van der Waals surface area contributed by atoms with Gasteiger partial charge >= 0.3 is 0 Å². The topological polar surface area (TPSA) is 70.5 Å². The third kappa shape index (κ3) is 4.49. The van der Waals surface area contributed by atoms with Crippen LogP contribution in [0.2, 0.25) is 0 Å². The summed E-state index contributed by atoms with van der Waals surface area (Å²) in [6.45, 7) is 6.99. The van der Waals surface area contributed by atoms with Gasteiger partial charge in [-0.25, -0.2) is 4.98 Å². The van der Waals surface area contributed by atoms with Crippen LogP contribution in [0.4, 0.5) is 0 Å². The molecule has 3 rings (SSSR count). The molecule has 1 aliphatic rings. The van der Waals surface area contributed by atoms with Crippen LogP contribution in [-0.4, -0.2) is 69.9 Å². The summed E-state index contributed by atoms with van der Waals surface area (Å²) < 4.78 is 1.90. The molecule has 0 spiro atoms. The van der Waals surface area contributed by atoms with Crippen molar-refractivity contribution in [3.8, 4) is 5.69 Å². The number of aromatic nitrogens is 2. The van der Waals surface area contributed by atoms with E-state index < -0.39 is 0 Å². The van der Waals surface area contributed by atoms with Crippen LogP contribution in [-0.2, 0) is 4.79 Å². The summed E-state index contributed by atoms with van der Waals surface area (Å²) in [7, 11) is 0. The molecule has 7 heteroatoms. The van der Waals surface area contributed by atoms with Crippen molar-refractivity contribution in [2.45, 2.75) is 19.9 Å². The van der Waals surface area contributed by atoms with Crippen molar-refractivity contribution >= 4 is 11.8 Å². The van der Waals surface area contributed by atoms with Crippen LogP contribution < -0.4 is 5.32 Å². The predicted molar refractivity (Wildman–Crippen MR) is 99.2 cm³/mol. The second kappa shape index (κ2) is 8.14. The average molecular weight is 355 g/mol. The molecule has 7 nitrogen and oxygen atoms in total. The maximum Gasteiger partial charge on any atom is 0.253 e. The van der Waals surface area contributed by atoms with Gasteiger partial charge in [0.2, 0.25) is 5.91 Å². The normalized spacial score (nSPS) is 15.3. The van der Waals surface area contributed by atoms with Crippen LogP contribution in [0.5, 0.6) is 0 Å². The van der Waals surface area contributed by atoms with Gasteiger partial charge < -0.3 is 14.8 Å². The lowest BCUT2D eigenvalue weighted by molar-refractivity contribution is -0.123. The first-order valence-electron chi connectivity index (χ1n) is 8.92. The lowest BCUT2D eigenvalue weighted by atomic mass is 10.1. The molecule has 2 amide bonds. The van der Waals surface area contributed by atoms with Crippen molar-refractivity contribution < 1.29 is 9.59 Å². The number of hydrogen-bond acceptors (Lipinski definition) is 4. The quantitative estimate of drug-likeness (QED) is 0.874. The summed E-state index contributed by atoms with van der Waals surface area (Å²) in [5.74, 6) is 0.0725. The number of imidazole rings is 1. The monoisotopic (exact) mass is 355 g/mol. The Bertz CT molecular complexity index is 732. The second-order valence-electron chi connectivity index (χ2n) is 6.81. The number of nitrogens with one attached hydrogen (secondary N) is 1. The summed E-state index contributed by atoms with van der Waals surface area (Å²) in [6.07, 6.45) is 5.32. The van der Waals surface area contributed by atoms with Crippen LogP contribution in [0.1, 0.15) is 24.2 Å². The first kappa shape index (κ1) is 18.1.